The Labute approximate surface area is 163 Å². The number of hydrogen-bond donors (Lipinski definition) is 2. The SMILES string of the molecule is CC(C)[C@H](C)NC(=O)C[NH+]1CCN(S(=O)(=O)c2ccc(C(F)(F)F)cc2)CC1. The Kier molecular flexibility index (Phi) is 7.11. The van der Waals surface area contributed by atoms with Crippen molar-refractivity contribution < 1.29 is 31.3 Å². The maximum absolute atomic E-state index is 12.7. The summed E-state index contributed by atoms with van der Waals surface area (Å²) in [5.41, 5.74) is -0.887. The third-order valence-electron chi connectivity index (χ3n) is 5.05. The van der Waals surface area contributed by atoms with E-state index in [9.17, 15) is 26.4 Å². The molecule has 6 nitrogen and oxygen atoms in total. The summed E-state index contributed by atoms with van der Waals surface area (Å²) in [5, 5.41) is 2.93. The summed E-state index contributed by atoms with van der Waals surface area (Å²) in [6, 6.07) is 3.58. The van der Waals surface area contributed by atoms with E-state index >= 15 is 0 Å². The number of benzene rings is 1. The molecule has 0 aromatic heterocycles. The van der Waals surface area contributed by atoms with E-state index in [-0.39, 0.29) is 36.5 Å². The first-order chi connectivity index (χ1) is 12.9. The first-order valence-corrected chi connectivity index (χ1v) is 10.7. The minimum Gasteiger partial charge on any atom is -0.348 e. The van der Waals surface area contributed by atoms with E-state index in [0.717, 1.165) is 29.2 Å². The summed E-state index contributed by atoms with van der Waals surface area (Å²) in [6.45, 7) is 7.59. The van der Waals surface area contributed by atoms with Gasteiger partial charge in [-0.15, -0.1) is 0 Å². The lowest BCUT2D eigenvalue weighted by atomic mass is 10.1. The Morgan fingerprint density at radius 1 is 1.14 bits per heavy atom. The van der Waals surface area contributed by atoms with Gasteiger partial charge in [0.25, 0.3) is 5.91 Å². The van der Waals surface area contributed by atoms with Gasteiger partial charge >= 0.3 is 6.18 Å². The van der Waals surface area contributed by atoms with Crippen molar-refractivity contribution in [2.24, 2.45) is 5.92 Å². The van der Waals surface area contributed by atoms with Gasteiger partial charge in [-0.05, 0) is 37.1 Å². The number of carbonyl (C=O) groups is 1. The Bertz CT molecular complexity index is 772. The standard InChI is InChI=1S/C18H26F3N3O3S/c1-13(2)14(3)22-17(25)12-23-8-10-24(11-9-23)28(26,27)16-6-4-15(5-7-16)18(19,20)21/h4-7,13-14H,8-12H2,1-3H3,(H,22,25)/p+1/t14-/m0/s1. The van der Waals surface area contributed by atoms with Gasteiger partial charge in [-0.1, -0.05) is 13.8 Å². The lowest BCUT2D eigenvalue weighted by molar-refractivity contribution is -0.895. The highest BCUT2D eigenvalue weighted by Gasteiger charge is 2.33. The zero-order valence-corrected chi connectivity index (χ0v) is 17.0. The van der Waals surface area contributed by atoms with Gasteiger partial charge in [0.1, 0.15) is 0 Å². The minimum absolute atomic E-state index is 0.0632. The third-order valence-corrected chi connectivity index (χ3v) is 6.96. The zero-order chi connectivity index (χ0) is 21.1. The predicted molar refractivity (Wildman–Crippen MR) is 98.2 cm³/mol. The van der Waals surface area contributed by atoms with Crippen molar-refractivity contribution in [2.75, 3.05) is 32.7 Å². The van der Waals surface area contributed by atoms with Crippen LogP contribution in [0.1, 0.15) is 26.3 Å². The summed E-state index contributed by atoms with van der Waals surface area (Å²) in [7, 11) is -3.85. The first kappa shape index (κ1) is 22.6. The molecule has 1 aromatic carbocycles. The zero-order valence-electron chi connectivity index (χ0n) is 16.2. The van der Waals surface area contributed by atoms with Gasteiger partial charge in [-0.25, -0.2) is 8.42 Å². The maximum atomic E-state index is 12.7. The van der Waals surface area contributed by atoms with E-state index in [1.165, 1.54) is 4.31 Å². The second-order valence-electron chi connectivity index (χ2n) is 7.45. The van der Waals surface area contributed by atoms with Crippen LogP contribution in [0, 0.1) is 5.92 Å². The average Bonchev–Trinajstić information content (AvgIpc) is 2.61. The summed E-state index contributed by atoms with van der Waals surface area (Å²) < 4.78 is 64.5. The summed E-state index contributed by atoms with van der Waals surface area (Å²) in [5.74, 6) is 0.250. The molecule has 1 aliphatic rings. The van der Waals surface area contributed by atoms with Crippen LogP contribution >= 0.6 is 0 Å². The number of hydrogen-bond acceptors (Lipinski definition) is 3. The number of nitrogens with one attached hydrogen (secondary N) is 2. The van der Waals surface area contributed by atoms with Crippen LogP contribution in [0.3, 0.4) is 0 Å². The molecule has 1 amide bonds. The number of rotatable bonds is 6. The topological polar surface area (TPSA) is 70.9 Å². The number of sulfonamides is 1. The Morgan fingerprint density at radius 2 is 1.68 bits per heavy atom. The van der Waals surface area contributed by atoms with Crippen molar-refractivity contribution in [3.05, 3.63) is 29.8 Å². The lowest BCUT2D eigenvalue weighted by Gasteiger charge is -2.31. The number of quaternary nitrogens is 1. The van der Waals surface area contributed by atoms with Gasteiger partial charge in [0.2, 0.25) is 10.0 Å². The lowest BCUT2D eigenvalue weighted by Crippen LogP contribution is -3.15. The number of amides is 1. The summed E-state index contributed by atoms with van der Waals surface area (Å²) >= 11 is 0. The number of alkyl halides is 3. The highest BCUT2D eigenvalue weighted by atomic mass is 32.2. The maximum Gasteiger partial charge on any atom is 0.416 e. The fourth-order valence-corrected chi connectivity index (χ4v) is 4.32. The Morgan fingerprint density at radius 3 is 2.14 bits per heavy atom. The molecule has 0 aliphatic carbocycles. The summed E-state index contributed by atoms with van der Waals surface area (Å²) in [4.78, 5) is 12.9. The first-order valence-electron chi connectivity index (χ1n) is 9.21. The van der Waals surface area contributed by atoms with Crippen LogP contribution < -0.4 is 10.2 Å². The summed E-state index contributed by atoms with van der Waals surface area (Å²) in [6.07, 6.45) is -4.51. The minimum atomic E-state index is -4.51. The van der Waals surface area contributed by atoms with Crippen molar-refractivity contribution >= 4 is 15.9 Å². The molecule has 158 valence electrons. The van der Waals surface area contributed by atoms with Crippen molar-refractivity contribution in [3.8, 4) is 0 Å². The van der Waals surface area contributed by atoms with Crippen molar-refractivity contribution in [1.82, 2.24) is 9.62 Å². The fraction of sp³-hybridized carbons (Fsp3) is 0.611. The molecular formula is C18H27F3N3O3S+. The smallest absolute Gasteiger partial charge is 0.348 e. The van der Waals surface area contributed by atoms with Gasteiger partial charge in [-0.3, -0.25) is 4.79 Å². The molecule has 1 aliphatic heterocycles. The van der Waals surface area contributed by atoms with E-state index < -0.39 is 21.8 Å². The Balaban J connectivity index is 1.94. The largest absolute Gasteiger partial charge is 0.416 e. The number of nitrogens with zero attached hydrogens (tertiary/aromatic N) is 1. The molecule has 2 N–H and O–H groups in total. The highest BCUT2D eigenvalue weighted by molar-refractivity contribution is 7.89. The van der Waals surface area contributed by atoms with E-state index in [4.69, 9.17) is 0 Å². The van der Waals surface area contributed by atoms with E-state index in [2.05, 4.69) is 5.32 Å². The van der Waals surface area contributed by atoms with Gasteiger partial charge in [0.15, 0.2) is 6.54 Å². The van der Waals surface area contributed by atoms with E-state index in [1.807, 2.05) is 20.8 Å². The van der Waals surface area contributed by atoms with Crippen molar-refractivity contribution in [2.45, 2.75) is 37.9 Å². The van der Waals surface area contributed by atoms with Gasteiger partial charge in [0.05, 0.1) is 36.6 Å². The van der Waals surface area contributed by atoms with E-state index in [0.29, 0.717) is 19.0 Å². The molecular weight excluding hydrogens is 395 g/mol. The molecule has 28 heavy (non-hydrogen) atoms. The second-order valence-corrected chi connectivity index (χ2v) is 9.39. The normalized spacial score (nSPS) is 18.2. The van der Waals surface area contributed by atoms with E-state index in [1.54, 1.807) is 0 Å². The van der Waals surface area contributed by atoms with Crippen LogP contribution in [0.5, 0.6) is 0 Å². The molecule has 0 saturated carbocycles. The molecule has 1 atom stereocenters. The van der Waals surface area contributed by atoms with Gasteiger partial charge in [-0.2, -0.15) is 17.5 Å². The number of carbonyl (C=O) groups excluding carboxylic acids is 1. The molecule has 1 saturated heterocycles. The van der Waals surface area contributed by atoms with Crippen molar-refractivity contribution in [3.63, 3.8) is 0 Å². The molecule has 1 fully saturated rings. The molecule has 2 rings (SSSR count). The molecule has 10 heteroatoms. The van der Waals surface area contributed by atoms with Gasteiger partial charge < -0.3 is 10.2 Å². The highest BCUT2D eigenvalue weighted by Crippen LogP contribution is 2.30. The van der Waals surface area contributed by atoms with Crippen LogP contribution in [0.15, 0.2) is 29.2 Å². The average molecular weight is 422 g/mol. The quantitative estimate of drug-likeness (QED) is 0.711. The number of piperazine rings is 1. The monoisotopic (exact) mass is 422 g/mol. The van der Waals surface area contributed by atoms with Crippen LogP contribution in [0.4, 0.5) is 13.2 Å². The molecule has 1 heterocycles. The van der Waals surface area contributed by atoms with Crippen molar-refractivity contribution in [1.29, 1.82) is 0 Å². The van der Waals surface area contributed by atoms with Crippen LogP contribution in [-0.4, -0.2) is 57.4 Å². The molecule has 0 unspecified atom stereocenters. The second kappa shape index (κ2) is 8.79. The predicted octanol–water partition coefficient (Wildman–Crippen LogP) is 0.755. The molecule has 0 spiro atoms. The molecule has 1 aromatic rings. The molecule has 0 radical (unpaired) electrons. The number of halogens is 3. The van der Waals surface area contributed by atoms with Crippen LogP contribution in [-0.2, 0) is 21.0 Å². The van der Waals surface area contributed by atoms with Crippen LogP contribution in [0.25, 0.3) is 0 Å². The van der Waals surface area contributed by atoms with Gasteiger partial charge in [0, 0.05) is 6.04 Å². The fourth-order valence-electron chi connectivity index (χ4n) is 2.88. The third kappa shape index (κ3) is 5.68. The Hall–Kier alpha value is -1.65. The van der Waals surface area contributed by atoms with Crippen LogP contribution in [0.2, 0.25) is 0 Å². The molecule has 0 bridgehead atoms.